The predicted molar refractivity (Wildman–Crippen MR) is 132 cm³/mol. The fraction of sp³-hybridized carbons (Fsp3) is 0.115. The number of anilines is 3. The Kier molecular flexibility index (Phi) is 5.36. The number of imidazole rings is 1. The minimum absolute atomic E-state index is 0.156. The van der Waals surface area contributed by atoms with Gasteiger partial charge in [0.05, 0.1) is 0 Å². The summed E-state index contributed by atoms with van der Waals surface area (Å²) >= 11 is 0. The van der Waals surface area contributed by atoms with E-state index in [1.807, 2.05) is 78.9 Å². The molecule has 0 aliphatic rings. The summed E-state index contributed by atoms with van der Waals surface area (Å²) < 4.78 is 7.98. The molecule has 0 saturated heterocycles. The van der Waals surface area contributed by atoms with Crippen LogP contribution in [0.3, 0.4) is 0 Å². The third-order valence-electron chi connectivity index (χ3n) is 5.23. The third kappa shape index (κ3) is 4.21. The zero-order valence-corrected chi connectivity index (χ0v) is 18.4. The Morgan fingerprint density at radius 1 is 0.879 bits per heavy atom. The summed E-state index contributed by atoms with van der Waals surface area (Å²) in [6, 6.07) is 25.3. The molecule has 0 spiro atoms. The van der Waals surface area contributed by atoms with Crippen LogP contribution in [0.15, 0.2) is 85.2 Å². The van der Waals surface area contributed by atoms with E-state index in [1.54, 1.807) is 6.33 Å². The van der Waals surface area contributed by atoms with E-state index in [0.29, 0.717) is 17.0 Å². The number of fused-ring (bicyclic) bond motifs is 1. The molecule has 7 nitrogen and oxygen atoms in total. The number of rotatable bonds is 6. The molecule has 0 fully saturated rings. The molecular weight excluding hydrogens is 412 g/mol. The van der Waals surface area contributed by atoms with Crippen molar-refractivity contribution in [2.24, 2.45) is 0 Å². The van der Waals surface area contributed by atoms with Gasteiger partial charge >= 0.3 is 0 Å². The molecule has 2 aromatic heterocycles. The first-order valence-electron chi connectivity index (χ1n) is 10.8. The van der Waals surface area contributed by atoms with Gasteiger partial charge in [-0.3, -0.25) is 0 Å². The van der Waals surface area contributed by atoms with Crippen molar-refractivity contribution < 1.29 is 4.74 Å². The molecule has 0 atom stereocenters. The molecule has 0 aliphatic carbocycles. The maximum atomic E-state index is 6.02. The van der Waals surface area contributed by atoms with Crippen molar-refractivity contribution >= 4 is 28.4 Å². The fourth-order valence-corrected chi connectivity index (χ4v) is 3.74. The molecule has 0 bridgehead atoms. The normalized spacial score (nSPS) is 11.1. The second kappa shape index (κ2) is 8.63. The molecular formula is C26H24N6O. The van der Waals surface area contributed by atoms with E-state index in [4.69, 9.17) is 15.5 Å². The van der Waals surface area contributed by atoms with Crippen LogP contribution in [-0.4, -0.2) is 19.5 Å². The average molecular weight is 437 g/mol. The van der Waals surface area contributed by atoms with Gasteiger partial charge in [0, 0.05) is 23.0 Å². The molecule has 0 saturated carbocycles. The Hall–Kier alpha value is -4.39. The van der Waals surface area contributed by atoms with E-state index in [-0.39, 0.29) is 6.04 Å². The third-order valence-corrected chi connectivity index (χ3v) is 5.23. The van der Waals surface area contributed by atoms with Crippen molar-refractivity contribution in [2.45, 2.75) is 19.9 Å². The first-order chi connectivity index (χ1) is 16.1. The van der Waals surface area contributed by atoms with Gasteiger partial charge in [0.2, 0.25) is 0 Å². The minimum Gasteiger partial charge on any atom is -0.457 e. The molecule has 33 heavy (non-hydrogen) atoms. The Morgan fingerprint density at radius 2 is 1.64 bits per heavy atom. The number of nitrogen functional groups attached to an aromatic ring is 1. The zero-order chi connectivity index (χ0) is 22.8. The number of ether oxygens (including phenoxy) is 1. The van der Waals surface area contributed by atoms with E-state index in [9.17, 15) is 0 Å². The Labute approximate surface area is 191 Å². The van der Waals surface area contributed by atoms with Crippen LogP contribution in [-0.2, 0) is 0 Å². The predicted octanol–water partition coefficient (Wildman–Crippen LogP) is 6.19. The summed E-state index contributed by atoms with van der Waals surface area (Å²) in [4.78, 5) is 13.9. The van der Waals surface area contributed by atoms with Gasteiger partial charge in [-0.15, -0.1) is 0 Å². The Bertz CT molecular complexity index is 1390. The van der Waals surface area contributed by atoms with Crippen LogP contribution in [0.5, 0.6) is 11.5 Å². The van der Waals surface area contributed by atoms with Crippen LogP contribution in [0, 0.1) is 0 Å². The van der Waals surface area contributed by atoms with Gasteiger partial charge in [0.1, 0.15) is 23.7 Å². The second-order valence-corrected chi connectivity index (χ2v) is 7.98. The lowest BCUT2D eigenvalue weighted by Crippen LogP contribution is -2.04. The first-order valence-corrected chi connectivity index (χ1v) is 10.8. The summed E-state index contributed by atoms with van der Waals surface area (Å²) in [7, 11) is 0. The van der Waals surface area contributed by atoms with Crippen LogP contribution >= 0.6 is 0 Å². The van der Waals surface area contributed by atoms with Crippen molar-refractivity contribution in [1.82, 2.24) is 19.5 Å². The SMILES string of the molecule is CC(C)n1c(-c2cccc(N)c2)nc2c(Nc3ccc(Oc4ccccc4)cc3)ncnc21. The highest BCUT2D eigenvalue weighted by atomic mass is 16.5. The smallest absolute Gasteiger partial charge is 0.166 e. The molecule has 7 heteroatoms. The maximum absolute atomic E-state index is 6.02. The van der Waals surface area contributed by atoms with Gasteiger partial charge in [-0.1, -0.05) is 30.3 Å². The van der Waals surface area contributed by atoms with E-state index in [1.165, 1.54) is 0 Å². The lowest BCUT2D eigenvalue weighted by atomic mass is 10.2. The molecule has 0 amide bonds. The summed E-state index contributed by atoms with van der Waals surface area (Å²) in [5.41, 5.74) is 10.00. The van der Waals surface area contributed by atoms with Crippen molar-refractivity contribution in [3.63, 3.8) is 0 Å². The van der Waals surface area contributed by atoms with Gasteiger partial charge in [0.25, 0.3) is 0 Å². The maximum Gasteiger partial charge on any atom is 0.166 e. The van der Waals surface area contributed by atoms with E-state index < -0.39 is 0 Å². The summed E-state index contributed by atoms with van der Waals surface area (Å²) in [6.45, 7) is 4.22. The van der Waals surface area contributed by atoms with Crippen molar-refractivity contribution in [3.05, 3.63) is 85.2 Å². The van der Waals surface area contributed by atoms with Crippen LogP contribution < -0.4 is 15.8 Å². The molecule has 5 rings (SSSR count). The molecule has 0 unspecified atom stereocenters. The topological polar surface area (TPSA) is 90.9 Å². The van der Waals surface area contributed by atoms with E-state index in [0.717, 1.165) is 34.2 Å². The highest BCUT2D eigenvalue weighted by Crippen LogP contribution is 2.32. The largest absolute Gasteiger partial charge is 0.457 e. The summed E-state index contributed by atoms with van der Waals surface area (Å²) in [5, 5.41) is 3.37. The van der Waals surface area contributed by atoms with E-state index >= 15 is 0 Å². The number of nitrogens with two attached hydrogens (primary N) is 1. The van der Waals surface area contributed by atoms with E-state index in [2.05, 4.69) is 33.7 Å². The van der Waals surface area contributed by atoms with Gasteiger partial charge in [0.15, 0.2) is 17.0 Å². The number of hydrogen-bond donors (Lipinski definition) is 2. The fourth-order valence-electron chi connectivity index (χ4n) is 3.74. The molecule has 3 aromatic carbocycles. The molecule has 2 heterocycles. The Balaban J connectivity index is 1.48. The highest BCUT2D eigenvalue weighted by Gasteiger charge is 2.19. The summed E-state index contributed by atoms with van der Waals surface area (Å²) in [5.74, 6) is 3.00. The van der Waals surface area contributed by atoms with Crippen molar-refractivity contribution in [3.8, 4) is 22.9 Å². The number of hydrogen-bond acceptors (Lipinski definition) is 6. The minimum atomic E-state index is 0.156. The number of para-hydroxylation sites is 1. The average Bonchev–Trinajstić information content (AvgIpc) is 3.22. The number of aromatic nitrogens is 4. The van der Waals surface area contributed by atoms with Crippen LogP contribution in [0.2, 0.25) is 0 Å². The highest BCUT2D eigenvalue weighted by molar-refractivity contribution is 5.88. The van der Waals surface area contributed by atoms with Gasteiger partial charge in [-0.25, -0.2) is 15.0 Å². The van der Waals surface area contributed by atoms with Crippen LogP contribution in [0.1, 0.15) is 19.9 Å². The lowest BCUT2D eigenvalue weighted by molar-refractivity contribution is 0.483. The second-order valence-electron chi connectivity index (χ2n) is 7.98. The van der Waals surface area contributed by atoms with Crippen molar-refractivity contribution in [1.29, 1.82) is 0 Å². The lowest BCUT2D eigenvalue weighted by Gasteiger charge is -2.12. The van der Waals surface area contributed by atoms with Crippen molar-refractivity contribution in [2.75, 3.05) is 11.1 Å². The van der Waals surface area contributed by atoms with Gasteiger partial charge in [-0.2, -0.15) is 0 Å². The zero-order valence-electron chi connectivity index (χ0n) is 18.4. The Morgan fingerprint density at radius 3 is 2.36 bits per heavy atom. The molecule has 164 valence electrons. The molecule has 0 radical (unpaired) electrons. The van der Waals surface area contributed by atoms with Crippen LogP contribution in [0.25, 0.3) is 22.6 Å². The molecule has 0 aliphatic heterocycles. The quantitative estimate of drug-likeness (QED) is 0.308. The monoisotopic (exact) mass is 436 g/mol. The standard InChI is InChI=1S/C26H24N6O/c1-17(2)32-25(18-7-6-8-19(27)15-18)31-23-24(28-16-29-26(23)32)30-20-11-13-22(14-12-20)33-21-9-4-3-5-10-21/h3-17H,27H2,1-2H3,(H,28,29,30). The molecule has 5 aromatic rings. The molecule has 3 N–H and O–H groups in total. The van der Waals surface area contributed by atoms with Gasteiger partial charge in [-0.05, 0) is 62.4 Å². The number of nitrogens with one attached hydrogen (secondary N) is 1. The number of nitrogens with zero attached hydrogens (tertiary/aromatic N) is 4. The number of benzene rings is 3. The summed E-state index contributed by atoms with van der Waals surface area (Å²) in [6.07, 6.45) is 1.56. The van der Waals surface area contributed by atoms with Gasteiger partial charge < -0.3 is 20.4 Å². The van der Waals surface area contributed by atoms with Crippen LogP contribution in [0.4, 0.5) is 17.2 Å². The first kappa shape index (κ1) is 20.5.